The average Bonchev–Trinajstić information content (AvgIpc) is 2.18. The van der Waals surface area contributed by atoms with Crippen LogP contribution in [0, 0.1) is 10.7 Å². The number of hydrogen-bond acceptors (Lipinski definition) is 2. The molecule has 0 aromatic heterocycles. The van der Waals surface area contributed by atoms with Crippen molar-refractivity contribution in [2.24, 2.45) is 5.18 Å². The number of benzene rings is 1. The molecular weight excluding hydrogens is 169 g/mol. The highest BCUT2D eigenvalue weighted by atomic mass is 19.1. The van der Waals surface area contributed by atoms with Gasteiger partial charge >= 0.3 is 0 Å². The number of rotatable bonds is 1. The summed E-state index contributed by atoms with van der Waals surface area (Å²) >= 11 is 0. The molecule has 1 aliphatic carbocycles. The molecule has 3 heteroatoms. The molecule has 1 aromatic carbocycles. The predicted octanol–water partition coefficient (Wildman–Crippen LogP) is 2.97. The molecule has 2 nitrogen and oxygen atoms in total. The van der Waals surface area contributed by atoms with Gasteiger partial charge in [0, 0.05) is 0 Å². The van der Waals surface area contributed by atoms with Crippen LogP contribution in [0.25, 0.3) is 0 Å². The van der Waals surface area contributed by atoms with E-state index in [0.717, 1.165) is 24.8 Å². The fourth-order valence-electron chi connectivity index (χ4n) is 1.89. The summed E-state index contributed by atoms with van der Waals surface area (Å²) in [7, 11) is 0. The quantitative estimate of drug-likeness (QED) is 0.609. The number of nitrogens with zero attached hydrogens (tertiary/aromatic N) is 1. The van der Waals surface area contributed by atoms with Gasteiger partial charge in [0.2, 0.25) is 0 Å². The number of hydrogen-bond donors (Lipinski definition) is 0. The zero-order valence-electron chi connectivity index (χ0n) is 7.16. The van der Waals surface area contributed by atoms with Crippen LogP contribution in [-0.2, 0) is 6.42 Å². The van der Waals surface area contributed by atoms with Gasteiger partial charge in [0.15, 0.2) is 0 Å². The van der Waals surface area contributed by atoms with Crippen LogP contribution in [0.15, 0.2) is 23.4 Å². The maximum Gasteiger partial charge on any atom is 0.126 e. The first-order valence-electron chi connectivity index (χ1n) is 4.42. The molecule has 0 heterocycles. The third-order valence-corrected chi connectivity index (χ3v) is 2.55. The van der Waals surface area contributed by atoms with Crippen LogP contribution in [0.1, 0.15) is 30.0 Å². The maximum absolute atomic E-state index is 13.2. The predicted molar refractivity (Wildman–Crippen MR) is 47.9 cm³/mol. The molecule has 68 valence electrons. The Balaban J connectivity index is 2.51. The Morgan fingerprint density at radius 2 is 2.31 bits per heavy atom. The van der Waals surface area contributed by atoms with Gasteiger partial charge < -0.3 is 0 Å². The van der Waals surface area contributed by atoms with E-state index < -0.39 is 0 Å². The van der Waals surface area contributed by atoms with E-state index in [1.54, 1.807) is 12.1 Å². The first kappa shape index (κ1) is 8.35. The molecule has 0 radical (unpaired) electrons. The van der Waals surface area contributed by atoms with Crippen LogP contribution < -0.4 is 0 Å². The molecule has 2 rings (SSSR count). The van der Waals surface area contributed by atoms with E-state index in [9.17, 15) is 9.30 Å². The van der Waals surface area contributed by atoms with Gasteiger partial charge in [-0.3, -0.25) is 0 Å². The highest BCUT2D eigenvalue weighted by molar-refractivity contribution is 5.33. The fraction of sp³-hybridized carbons (Fsp3) is 0.400. The lowest BCUT2D eigenvalue weighted by molar-refractivity contribution is 0.531. The summed E-state index contributed by atoms with van der Waals surface area (Å²) in [5.41, 5.74) is 1.46. The van der Waals surface area contributed by atoms with Crippen LogP contribution in [0.4, 0.5) is 4.39 Å². The van der Waals surface area contributed by atoms with E-state index in [4.69, 9.17) is 0 Å². The minimum atomic E-state index is -0.334. The molecule has 1 atom stereocenters. The van der Waals surface area contributed by atoms with E-state index in [0.29, 0.717) is 5.56 Å². The van der Waals surface area contributed by atoms with Crippen molar-refractivity contribution in [1.82, 2.24) is 0 Å². The van der Waals surface area contributed by atoms with Crippen molar-refractivity contribution >= 4 is 0 Å². The van der Waals surface area contributed by atoms with Crippen molar-refractivity contribution in [3.05, 3.63) is 40.1 Å². The molecule has 0 amide bonds. The number of nitroso groups, excluding NO2 is 1. The molecule has 0 spiro atoms. The fourth-order valence-corrected chi connectivity index (χ4v) is 1.89. The van der Waals surface area contributed by atoms with Crippen molar-refractivity contribution in [2.45, 2.75) is 25.3 Å². The molecule has 0 saturated carbocycles. The Morgan fingerprint density at radius 1 is 1.46 bits per heavy atom. The van der Waals surface area contributed by atoms with Crippen LogP contribution in [0.5, 0.6) is 0 Å². The third kappa shape index (κ3) is 1.34. The van der Waals surface area contributed by atoms with Gasteiger partial charge in [-0.1, -0.05) is 17.3 Å². The van der Waals surface area contributed by atoms with Gasteiger partial charge in [0.25, 0.3) is 0 Å². The van der Waals surface area contributed by atoms with Crippen molar-refractivity contribution < 1.29 is 4.39 Å². The third-order valence-electron chi connectivity index (χ3n) is 2.55. The second kappa shape index (κ2) is 3.24. The topological polar surface area (TPSA) is 29.4 Å². The summed E-state index contributed by atoms with van der Waals surface area (Å²) in [5, 5.41) is 3.01. The highest BCUT2D eigenvalue weighted by Gasteiger charge is 2.22. The molecule has 13 heavy (non-hydrogen) atoms. The van der Waals surface area contributed by atoms with Crippen molar-refractivity contribution in [1.29, 1.82) is 0 Å². The summed E-state index contributed by atoms with van der Waals surface area (Å²) in [6.45, 7) is 0. The van der Waals surface area contributed by atoms with Gasteiger partial charge in [0.05, 0.1) is 0 Å². The summed E-state index contributed by atoms with van der Waals surface area (Å²) in [6, 6.07) is 4.53. The molecular formula is C10H10FNO. The average molecular weight is 179 g/mol. The standard InChI is InChI=1S/C10H10FNO/c11-9-5-1-4-8-7(9)3-2-6-10(8)12-13/h1,4-5,10H,2-3,6H2. The Labute approximate surface area is 75.7 Å². The van der Waals surface area contributed by atoms with Crippen molar-refractivity contribution in [3.63, 3.8) is 0 Å². The van der Waals surface area contributed by atoms with Gasteiger partial charge in [-0.05, 0) is 36.5 Å². The molecule has 0 fully saturated rings. The van der Waals surface area contributed by atoms with Crippen LogP contribution in [0.3, 0.4) is 0 Å². The van der Waals surface area contributed by atoms with E-state index in [1.165, 1.54) is 6.07 Å². The molecule has 0 bridgehead atoms. The SMILES string of the molecule is O=NC1CCCc2c(F)cccc21. The lowest BCUT2D eigenvalue weighted by atomic mass is 9.88. The zero-order valence-corrected chi connectivity index (χ0v) is 7.16. The van der Waals surface area contributed by atoms with E-state index in [2.05, 4.69) is 5.18 Å². The second-order valence-electron chi connectivity index (χ2n) is 3.32. The first-order valence-corrected chi connectivity index (χ1v) is 4.42. The summed E-state index contributed by atoms with van der Waals surface area (Å²) in [4.78, 5) is 10.5. The van der Waals surface area contributed by atoms with E-state index in [1.807, 2.05) is 0 Å². The maximum atomic E-state index is 13.2. The van der Waals surface area contributed by atoms with Gasteiger partial charge in [-0.15, -0.1) is 0 Å². The number of fused-ring (bicyclic) bond motifs is 1. The smallest absolute Gasteiger partial charge is 0.126 e. The molecule has 0 N–H and O–H groups in total. The summed E-state index contributed by atoms with van der Waals surface area (Å²) in [6.07, 6.45) is 2.33. The molecule has 1 unspecified atom stereocenters. The Bertz CT molecular complexity index is 338. The summed E-state index contributed by atoms with van der Waals surface area (Å²) < 4.78 is 13.2. The molecule has 1 aliphatic rings. The Hall–Kier alpha value is -1.25. The van der Waals surface area contributed by atoms with Crippen LogP contribution in [-0.4, -0.2) is 0 Å². The first-order chi connectivity index (χ1) is 6.33. The highest BCUT2D eigenvalue weighted by Crippen LogP contribution is 2.33. The van der Waals surface area contributed by atoms with Gasteiger partial charge in [0.1, 0.15) is 11.9 Å². The van der Waals surface area contributed by atoms with Crippen LogP contribution >= 0.6 is 0 Å². The van der Waals surface area contributed by atoms with E-state index >= 15 is 0 Å². The Morgan fingerprint density at radius 3 is 3.08 bits per heavy atom. The second-order valence-corrected chi connectivity index (χ2v) is 3.32. The number of halogens is 1. The molecule has 0 aliphatic heterocycles. The monoisotopic (exact) mass is 179 g/mol. The summed E-state index contributed by atoms with van der Waals surface area (Å²) in [5.74, 6) is -0.203. The van der Waals surface area contributed by atoms with Crippen LogP contribution in [0.2, 0.25) is 0 Å². The van der Waals surface area contributed by atoms with Crippen molar-refractivity contribution in [3.8, 4) is 0 Å². The Kier molecular flexibility index (Phi) is 2.08. The largest absolute Gasteiger partial charge is 0.207 e. The molecule has 0 saturated heterocycles. The van der Waals surface area contributed by atoms with Crippen molar-refractivity contribution in [2.75, 3.05) is 0 Å². The molecule has 1 aromatic rings. The van der Waals surface area contributed by atoms with Gasteiger partial charge in [-0.25, -0.2) is 4.39 Å². The lowest BCUT2D eigenvalue weighted by Crippen LogP contribution is -2.09. The van der Waals surface area contributed by atoms with E-state index in [-0.39, 0.29) is 11.9 Å². The minimum Gasteiger partial charge on any atom is -0.207 e. The lowest BCUT2D eigenvalue weighted by Gasteiger charge is -2.19. The minimum absolute atomic E-state index is 0.203. The zero-order chi connectivity index (χ0) is 9.26. The normalized spacial score (nSPS) is 20.8. The van der Waals surface area contributed by atoms with Gasteiger partial charge in [-0.2, -0.15) is 4.91 Å².